The molecule has 1 aliphatic heterocycles. The predicted octanol–water partition coefficient (Wildman–Crippen LogP) is 3.39. The van der Waals surface area contributed by atoms with E-state index < -0.39 is 30.2 Å². The Morgan fingerprint density at radius 2 is 1.94 bits per heavy atom. The molecule has 9 nitrogen and oxygen atoms in total. The summed E-state index contributed by atoms with van der Waals surface area (Å²) in [6.45, 7) is 2.56. The fourth-order valence-corrected chi connectivity index (χ4v) is 3.73. The first-order valence-electron chi connectivity index (χ1n) is 10.2. The van der Waals surface area contributed by atoms with Crippen LogP contribution in [0.15, 0.2) is 67.5 Å². The second-order valence-corrected chi connectivity index (χ2v) is 7.50. The van der Waals surface area contributed by atoms with Gasteiger partial charge >= 0.3 is 11.6 Å². The van der Waals surface area contributed by atoms with Crippen LogP contribution in [0.3, 0.4) is 0 Å². The average Bonchev–Trinajstić information content (AvgIpc) is 3.47. The molecule has 0 spiro atoms. The second kappa shape index (κ2) is 9.15. The molecule has 0 radical (unpaired) electrons. The molecular formula is C24H22N2O7. The molecule has 4 rings (SSSR count). The van der Waals surface area contributed by atoms with Crippen LogP contribution in [0.25, 0.3) is 0 Å². The number of ether oxygens (including phenoxy) is 2. The van der Waals surface area contributed by atoms with E-state index in [0.29, 0.717) is 29.2 Å². The minimum Gasteiger partial charge on any atom is -0.497 e. The zero-order valence-corrected chi connectivity index (χ0v) is 18.4. The molecule has 170 valence electrons. The molecule has 0 N–H and O–H groups in total. The summed E-state index contributed by atoms with van der Waals surface area (Å²) in [6, 6.07) is 11.6. The first-order valence-corrected chi connectivity index (χ1v) is 10.2. The summed E-state index contributed by atoms with van der Waals surface area (Å²) in [5.74, 6) is 0.142. The predicted molar refractivity (Wildman–Crippen MR) is 117 cm³/mol. The molecule has 33 heavy (non-hydrogen) atoms. The molecule has 2 aromatic heterocycles. The summed E-state index contributed by atoms with van der Waals surface area (Å²) in [6.07, 6.45) is 1.96. The number of hydrazone groups is 1. The second-order valence-electron chi connectivity index (χ2n) is 7.50. The van der Waals surface area contributed by atoms with Crippen LogP contribution in [0.5, 0.6) is 5.75 Å². The van der Waals surface area contributed by atoms with Crippen molar-refractivity contribution in [2.45, 2.75) is 26.3 Å². The lowest BCUT2D eigenvalue weighted by Gasteiger charge is -2.19. The molecule has 0 saturated carbocycles. The Labute approximate surface area is 189 Å². The quantitative estimate of drug-likeness (QED) is 0.529. The van der Waals surface area contributed by atoms with Gasteiger partial charge in [0.25, 0.3) is 5.91 Å². The number of benzene rings is 1. The molecule has 9 heteroatoms. The minimum absolute atomic E-state index is 0.119. The Morgan fingerprint density at radius 3 is 2.58 bits per heavy atom. The summed E-state index contributed by atoms with van der Waals surface area (Å²) in [4.78, 5) is 37.0. The maximum absolute atomic E-state index is 13.0. The highest BCUT2D eigenvalue weighted by atomic mass is 16.5. The van der Waals surface area contributed by atoms with Gasteiger partial charge in [-0.1, -0.05) is 0 Å². The lowest BCUT2D eigenvalue weighted by Crippen LogP contribution is -2.31. The van der Waals surface area contributed by atoms with Gasteiger partial charge in [-0.3, -0.25) is 4.79 Å². The van der Waals surface area contributed by atoms with Gasteiger partial charge in [0, 0.05) is 12.5 Å². The van der Waals surface area contributed by atoms with E-state index in [1.54, 1.807) is 26.2 Å². The lowest BCUT2D eigenvalue weighted by molar-refractivity contribution is -0.136. The number of furan rings is 1. The van der Waals surface area contributed by atoms with Gasteiger partial charge in [-0.2, -0.15) is 5.10 Å². The molecule has 0 bridgehead atoms. The minimum atomic E-state index is -0.754. The number of methoxy groups -OCH3 is 1. The normalized spacial score (nSPS) is 15.3. The monoisotopic (exact) mass is 450 g/mol. The molecule has 0 aliphatic carbocycles. The van der Waals surface area contributed by atoms with Crippen molar-refractivity contribution in [1.82, 2.24) is 5.01 Å². The first-order chi connectivity index (χ1) is 15.9. The van der Waals surface area contributed by atoms with Crippen LogP contribution in [0.4, 0.5) is 0 Å². The van der Waals surface area contributed by atoms with Gasteiger partial charge in [0.15, 0.2) is 6.61 Å². The summed E-state index contributed by atoms with van der Waals surface area (Å²) < 4.78 is 20.9. The number of esters is 1. The maximum Gasteiger partial charge on any atom is 0.342 e. The maximum atomic E-state index is 13.0. The molecule has 1 unspecified atom stereocenters. The topological polar surface area (TPSA) is 112 Å². The fourth-order valence-electron chi connectivity index (χ4n) is 3.73. The zero-order valence-electron chi connectivity index (χ0n) is 18.4. The smallest absolute Gasteiger partial charge is 0.342 e. The number of aryl methyl sites for hydroxylation is 2. The zero-order chi connectivity index (χ0) is 23.5. The van der Waals surface area contributed by atoms with Crippen LogP contribution in [-0.4, -0.2) is 36.3 Å². The van der Waals surface area contributed by atoms with E-state index >= 15 is 0 Å². The summed E-state index contributed by atoms with van der Waals surface area (Å²) >= 11 is 0. The number of carbonyl (C=O) groups excluding carboxylic acids is 2. The van der Waals surface area contributed by atoms with Crippen LogP contribution in [0, 0.1) is 13.8 Å². The van der Waals surface area contributed by atoms with E-state index in [9.17, 15) is 14.4 Å². The molecular weight excluding hydrogens is 428 g/mol. The molecule has 1 aromatic carbocycles. The summed E-state index contributed by atoms with van der Waals surface area (Å²) in [5, 5.41) is 5.77. The highest BCUT2D eigenvalue weighted by molar-refractivity contribution is 6.03. The van der Waals surface area contributed by atoms with Gasteiger partial charge in [0.05, 0.1) is 19.1 Å². The lowest BCUT2D eigenvalue weighted by atomic mass is 10.0. The standard InChI is InChI=1S/C24H22N2O7/c1-14-11-22(28)33-15(2)23(14)24(29)32-13-21(27)26-19(20-5-4-10-31-20)12-18(25-26)16-6-8-17(30-3)9-7-16/h4-11,19H,12-13H2,1-3H3. The van der Waals surface area contributed by atoms with Crippen molar-refractivity contribution < 1.29 is 27.9 Å². The largest absolute Gasteiger partial charge is 0.497 e. The first kappa shape index (κ1) is 22.1. The van der Waals surface area contributed by atoms with Crippen molar-refractivity contribution in [2.75, 3.05) is 13.7 Å². The summed E-state index contributed by atoms with van der Waals surface area (Å²) in [7, 11) is 1.59. The Hall–Kier alpha value is -4.14. The van der Waals surface area contributed by atoms with Crippen LogP contribution < -0.4 is 10.4 Å². The third-order valence-corrected chi connectivity index (χ3v) is 5.33. The number of carbonyl (C=O) groups is 2. The van der Waals surface area contributed by atoms with Crippen molar-refractivity contribution in [3.05, 3.63) is 87.4 Å². The Balaban J connectivity index is 1.53. The Morgan fingerprint density at radius 1 is 1.18 bits per heavy atom. The van der Waals surface area contributed by atoms with E-state index in [2.05, 4.69) is 5.10 Å². The van der Waals surface area contributed by atoms with Crippen molar-refractivity contribution in [3.63, 3.8) is 0 Å². The fraction of sp³-hybridized carbons (Fsp3) is 0.250. The third-order valence-electron chi connectivity index (χ3n) is 5.33. The van der Waals surface area contributed by atoms with E-state index in [4.69, 9.17) is 18.3 Å². The van der Waals surface area contributed by atoms with Gasteiger partial charge < -0.3 is 18.3 Å². The van der Waals surface area contributed by atoms with Gasteiger partial charge in [0.2, 0.25) is 0 Å². The van der Waals surface area contributed by atoms with E-state index in [1.165, 1.54) is 24.3 Å². The molecule has 0 fully saturated rings. The molecule has 1 atom stereocenters. The van der Waals surface area contributed by atoms with Gasteiger partial charge in [-0.25, -0.2) is 14.6 Å². The van der Waals surface area contributed by atoms with Crippen LogP contribution in [-0.2, 0) is 9.53 Å². The average molecular weight is 450 g/mol. The molecule has 1 amide bonds. The number of hydrogen-bond acceptors (Lipinski definition) is 8. The highest BCUT2D eigenvalue weighted by Crippen LogP contribution is 2.33. The van der Waals surface area contributed by atoms with E-state index in [-0.39, 0.29) is 11.3 Å². The molecule has 1 aliphatic rings. The molecule has 3 heterocycles. The van der Waals surface area contributed by atoms with Crippen molar-refractivity contribution in [2.24, 2.45) is 5.10 Å². The van der Waals surface area contributed by atoms with Crippen molar-refractivity contribution in [1.29, 1.82) is 0 Å². The van der Waals surface area contributed by atoms with Crippen molar-refractivity contribution in [3.8, 4) is 5.75 Å². The number of amides is 1. The van der Waals surface area contributed by atoms with Gasteiger partial charge in [-0.05, 0) is 61.4 Å². The number of nitrogens with zero attached hydrogens (tertiary/aromatic N) is 2. The van der Waals surface area contributed by atoms with Crippen LogP contribution in [0.2, 0.25) is 0 Å². The van der Waals surface area contributed by atoms with Crippen LogP contribution >= 0.6 is 0 Å². The van der Waals surface area contributed by atoms with Crippen LogP contribution in [0.1, 0.15) is 45.5 Å². The number of hydrogen-bond donors (Lipinski definition) is 0. The van der Waals surface area contributed by atoms with E-state index in [0.717, 1.165) is 5.56 Å². The molecule has 0 saturated heterocycles. The number of rotatable bonds is 6. The Bertz CT molecular complexity index is 1230. The SMILES string of the molecule is COc1ccc(C2=NN(C(=O)COC(=O)c3c(C)cc(=O)oc3C)C(c3ccco3)C2)cc1. The van der Waals surface area contributed by atoms with Gasteiger partial charge in [-0.15, -0.1) is 0 Å². The van der Waals surface area contributed by atoms with Crippen molar-refractivity contribution >= 4 is 17.6 Å². The third kappa shape index (κ3) is 4.57. The summed E-state index contributed by atoms with van der Waals surface area (Å²) in [5.41, 5.74) is 1.50. The highest BCUT2D eigenvalue weighted by Gasteiger charge is 2.35. The molecule has 3 aromatic rings. The van der Waals surface area contributed by atoms with Gasteiger partial charge in [0.1, 0.15) is 28.9 Å². The van der Waals surface area contributed by atoms with E-state index in [1.807, 2.05) is 24.3 Å². The Kier molecular flexibility index (Phi) is 6.12.